The second-order valence-electron chi connectivity index (χ2n) is 6.30. The number of nitrogens with zero attached hydrogens (tertiary/aromatic N) is 4. The third kappa shape index (κ3) is 3.10. The third-order valence-corrected chi connectivity index (χ3v) is 4.55. The number of hydrogen-bond donors (Lipinski definition) is 3. The third-order valence-electron chi connectivity index (χ3n) is 4.55. The van der Waals surface area contributed by atoms with Crippen LogP contribution in [0.15, 0.2) is 41.3 Å². The zero-order valence-corrected chi connectivity index (χ0v) is 14.1. The number of H-pyrrole nitrogens is 1. The molecule has 9 heteroatoms. The van der Waals surface area contributed by atoms with E-state index in [-0.39, 0.29) is 23.5 Å². The molecule has 0 unspecified atom stereocenters. The summed E-state index contributed by atoms with van der Waals surface area (Å²) in [6.07, 6.45) is 3.19. The number of carbonyl (C=O) groups is 1. The lowest BCUT2D eigenvalue weighted by atomic mass is 10.0. The molecule has 9 nitrogen and oxygen atoms in total. The van der Waals surface area contributed by atoms with E-state index >= 15 is 0 Å². The summed E-state index contributed by atoms with van der Waals surface area (Å²) in [5.74, 6) is 0.531. The Hall–Kier alpha value is -3.36. The van der Waals surface area contributed by atoms with E-state index in [0.717, 1.165) is 18.4 Å². The molecule has 1 aliphatic rings. The average molecular weight is 353 g/mol. The zero-order chi connectivity index (χ0) is 18.1. The molecule has 3 aromatic rings. The number of nitrogens with one attached hydrogen (secondary N) is 2. The highest BCUT2D eigenvalue weighted by Crippen LogP contribution is 2.17. The van der Waals surface area contributed by atoms with Crippen LogP contribution in [0.1, 0.15) is 23.3 Å². The minimum absolute atomic E-state index is 0.0592. The number of carbonyl (C=O) groups excluding carboxylic acids is 1. The summed E-state index contributed by atoms with van der Waals surface area (Å²) in [4.78, 5) is 32.7. The van der Waals surface area contributed by atoms with Crippen molar-refractivity contribution in [1.82, 2.24) is 24.9 Å². The average Bonchev–Trinajstić information content (AvgIpc) is 3.10. The number of pyridine rings is 1. The fourth-order valence-corrected chi connectivity index (χ4v) is 3.26. The molecular weight excluding hydrogens is 334 g/mol. The van der Waals surface area contributed by atoms with E-state index in [1.807, 2.05) is 23.1 Å². The Labute approximate surface area is 148 Å². The zero-order valence-electron chi connectivity index (χ0n) is 14.1. The standard InChI is InChI=1S/C17H19N7O2/c18-17-21-14(10-15(25)22-17)23-8-5-11(6-9-23)20-16(26)13-3-1-2-12-4-7-19-24(12)13/h1-4,7,10-11H,5-6,8-9H2,(H,20,26)(H3,18,21,22,25). The minimum atomic E-state index is -0.268. The number of nitrogen functional groups attached to an aromatic ring is 1. The smallest absolute Gasteiger partial charge is 0.270 e. The van der Waals surface area contributed by atoms with Crippen molar-refractivity contribution >= 4 is 23.2 Å². The normalized spacial score (nSPS) is 15.3. The van der Waals surface area contributed by atoms with Gasteiger partial charge in [0, 0.05) is 25.2 Å². The van der Waals surface area contributed by atoms with Crippen LogP contribution in [0.5, 0.6) is 0 Å². The van der Waals surface area contributed by atoms with Crippen molar-refractivity contribution in [2.45, 2.75) is 18.9 Å². The predicted molar refractivity (Wildman–Crippen MR) is 97.2 cm³/mol. The van der Waals surface area contributed by atoms with E-state index in [9.17, 15) is 9.59 Å². The molecule has 3 aromatic heterocycles. The van der Waals surface area contributed by atoms with Crippen molar-refractivity contribution in [2.24, 2.45) is 0 Å². The van der Waals surface area contributed by atoms with Crippen LogP contribution in [-0.4, -0.2) is 44.6 Å². The van der Waals surface area contributed by atoms with Gasteiger partial charge in [-0.2, -0.15) is 10.1 Å². The summed E-state index contributed by atoms with van der Waals surface area (Å²) in [6, 6.07) is 8.86. The molecule has 1 fully saturated rings. The van der Waals surface area contributed by atoms with Gasteiger partial charge in [-0.15, -0.1) is 0 Å². The number of fused-ring (bicyclic) bond motifs is 1. The van der Waals surface area contributed by atoms with Crippen molar-refractivity contribution in [3.63, 3.8) is 0 Å². The highest BCUT2D eigenvalue weighted by atomic mass is 16.2. The molecule has 26 heavy (non-hydrogen) atoms. The van der Waals surface area contributed by atoms with Gasteiger partial charge < -0.3 is 16.0 Å². The maximum absolute atomic E-state index is 12.6. The summed E-state index contributed by atoms with van der Waals surface area (Å²) < 4.78 is 1.63. The first-order chi connectivity index (χ1) is 12.6. The number of nitrogens with two attached hydrogens (primary N) is 1. The first-order valence-corrected chi connectivity index (χ1v) is 8.45. The van der Waals surface area contributed by atoms with Crippen molar-refractivity contribution in [1.29, 1.82) is 0 Å². The van der Waals surface area contributed by atoms with Gasteiger partial charge in [0.2, 0.25) is 5.95 Å². The van der Waals surface area contributed by atoms with Crippen LogP contribution < -0.4 is 21.5 Å². The quantitative estimate of drug-likeness (QED) is 0.627. The van der Waals surface area contributed by atoms with E-state index in [0.29, 0.717) is 24.6 Å². The molecule has 1 saturated heterocycles. The predicted octanol–water partition coefficient (Wildman–Crippen LogP) is 0.399. The van der Waals surface area contributed by atoms with E-state index in [1.165, 1.54) is 6.07 Å². The van der Waals surface area contributed by atoms with Crippen LogP contribution in [0.2, 0.25) is 0 Å². The Kier molecular flexibility index (Phi) is 4.04. The van der Waals surface area contributed by atoms with Crippen molar-refractivity contribution < 1.29 is 4.79 Å². The number of aromatic nitrogens is 4. The van der Waals surface area contributed by atoms with Gasteiger partial charge in [-0.3, -0.25) is 14.6 Å². The monoisotopic (exact) mass is 353 g/mol. The highest BCUT2D eigenvalue weighted by Gasteiger charge is 2.23. The number of piperidine rings is 1. The van der Waals surface area contributed by atoms with Crippen LogP contribution in [0.4, 0.5) is 11.8 Å². The van der Waals surface area contributed by atoms with Gasteiger partial charge in [-0.1, -0.05) is 6.07 Å². The van der Waals surface area contributed by atoms with Gasteiger partial charge in [0.15, 0.2) is 0 Å². The fraction of sp³-hybridized carbons (Fsp3) is 0.294. The van der Waals surface area contributed by atoms with Crippen LogP contribution in [-0.2, 0) is 0 Å². The summed E-state index contributed by atoms with van der Waals surface area (Å²) in [5.41, 5.74) is 6.73. The van der Waals surface area contributed by atoms with E-state index in [2.05, 4.69) is 20.4 Å². The summed E-state index contributed by atoms with van der Waals surface area (Å²) in [6.45, 7) is 1.37. The molecule has 0 atom stereocenters. The largest absolute Gasteiger partial charge is 0.369 e. The van der Waals surface area contributed by atoms with E-state index in [1.54, 1.807) is 16.8 Å². The molecule has 1 aliphatic heterocycles. The van der Waals surface area contributed by atoms with Crippen LogP contribution in [0.25, 0.3) is 5.52 Å². The molecule has 4 N–H and O–H groups in total. The number of rotatable bonds is 3. The lowest BCUT2D eigenvalue weighted by Gasteiger charge is -2.33. The lowest BCUT2D eigenvalue weighted by Crippen LogP contribution is -2.45. The highest BCUT2D eigenvalue weighted by molar-refractivity contribution is 5.93. The maximum atomic E-state index is 12.6. The Morgan fingerprint density at radius 1 is 1.27 bits per heavy atom. The van der Waals surface area contributed by atoms with Gasteiger partial charge in [-0.05, 0) is 31.0 Å². The number of hydrogen-bond acceptors (Lipinski definition) is 6. The molecule has 134 valence electrons. The summed E-state index contributed by atoms with van der Waals surface area (Å²) >= 11 is 0. The molecule has 1 amide bonds. The lowest BCUT2D eigenvalue weighted by molar-refractivity contribution is 0.0923. The first-order valence-electron chi connectivity index (χ1n) is 8.45. The molecule has 0 bridgehead atoms. The summed E-state index contributed by atoms with van der Waals surface area (Å²) in [7, 11) is 0. The summed E-state index contributed by atoms with van der Waals surface area (Å²) in [5, 5.41) is 7.27. The molecule has 4 rings (SSSR count). The second kappa shape index (κ2) is 6.51. The fourth-order valence-electron chi connectivity index (χ4n) is 3.26. The van der Waals surface area contributed by atoms with Crippen molar-refractivity contribution in [3.8, 4) is 0 Å². The molecule has 0 aromatic carbocycles. The van der Waals surface area contributed by atoms with Gasteiger partial charge in [0.05, 0.1) is 11.7 Å². The van der Waals surface area contributed by atoms with E-state index < -0.39 is 0 Å². The van der Waals surface area contributed by atoms with E-state index in [4.69, 9.17) is 5.73 Å². The Balaban J connectivity index is 1.41. The topological polar surface area (TPSA) is 121 Å². The first kappa shape index (κ1) is 16.1. The minimum Gasteiger partial charge on any atom is -0.369 e. The molecule has 4 heterocycles. The van der Waals surface area contributed by atoms with Crippen LogP contribution >= 0.6 is 0 Å². The maximum Gasteiger partial charge on any atom is 0.270 e. The molecule has 0 saturated carbocycles. The van der Waals surface area contributed by atoms with Crippen molar-refractivity contribution in [3.05, 3.63) is 52.6 Å². The van der Waals surface area contributed by atoms with Crippen LogP contribution in [0, 0.1) is 0 Å². The molecule has 0 spiro atoms. The SMILES string of the molecule is Nc1nc(N2CCC(NC(=O)c3cccc4ccnn34)CC2)cc(=O)[nH]1. The van der Waals surface area contributed by atoms with Crippen LogP contribution in [0.3, 0.4) is 0 Å². The Bertz CT molecular complexity index is 1000. The van der Waals surface area contributed by atoms with Gasteiger partial charge in [-0.25, -0.2) is 4.52 Å². The molecule has 0 aliphatic carbocycles. The number of anilines is 2. The molecule has 0 radical (unpaired) electrons. The molecular formula is C17H19N7O2. The Morgan fingerprint density at radius 2 is 2.08 bits per heavy atom. The van der Waals surface area contributed by atoms with Gasteiger partial charge in [0.1, 0.15) is 11.5 Å². The van der Waals surface area contributed by atoms with Gasteiger partial charge in [0.25, 0.3) is 11.5 Å². The van der Waals surface area contributed by atoms with Crippen molar-refractivity contribution in [2.75, 3.05) is 23.7 Å². The second-order valence-corrected chi connectivity index (χ2v) is 6.30. The number of aromatic amines is 1. The Morgan fingerprint density at radius 3 is 2.85 bits per heavy atom. The number of amides is 1. The van der Waals surface area contributed by atoms with Gasteiger partial charge >= 0.3 is 0 Å².